The molecule has 2 atom stereocenters. The molecule has 2 aromatic carbocycles. The number of hydrogen-bond donors (Lipinski definition) is 1. The van der Waals surface area contributed by atoms with Crippen molar-refractivity contribution in [1.29, 1.82) is 0 Å². The Morgan fingerprint density at radius 2 is 1.71 bits per heavy atom. The Bertz CT molecular complexity index is 1360. The van der Waals surface area contributed by atoms with Crippen LogP contribution in [0.1, 0.15) is 29.2 Å². The van der Waals surface area contributed by atoms with E-state index in [2.05, 4.69) is 51.0 Å². The van der Waals surface area contributed by atoms with E-state index >= 15 is 0 Å². The summed E-state index contributed by atoms with van der Waals surface area (Å²) in [5.41, 5.74) is 4.99. The smallest absolute Gasteiger partial charge is 0.174 e. The Morgan fingerprint density at radius 3 is 2.37 bits per heavy atom. The average Bonchev–Trinajstić information content (AvgIpc) is 3.43. The van der Waals surface area contributed by atoms with Crippen LogP contribution in [-0.4, -0.2) is 28.9 Å². The number of aryl methyl sites for hydroxylation is 1. The number of halogens is 1. The fourth-order valence-corrected chi connectivity index (χ4v) is 5.21. The molecule has 3 heterocycles. The first-order chi connectivity index (χ1) is 17.0. The zero-order valence-electron chi connectivity index (χ0n) is 19.6. The number of methoxy groups -OCH3 is 2. The van der Waals surface area contributed by atoms with Crippen LogP contribution < -0.4 is 19.7 Å². The number of aromatic nitrogens is 2. The molecule has 178 valence electrons. The van der Waals surface area contributed by atoms with Crippen molar-refractivity contribution in [3.8, 4) is 17.2 Å². The molecule has 0 saturated carbocycles. The summed E-state index contributed by atoms with van der Waals surface area (Å²) in [6.07, 6.45) is 1.80. The van der Waals surface area contributed by atoms with Crippen molar-refractivity contribution >= 4 is 34.6 Å². The first kappa shape index (κ1) is 23.2. The first-order valence-electron chi connectivity index (χ1n) is 11.2. The summed E-state index contributed by atoms with van der Waals surface area (Å²) in [4.78, 5) is 6.76. The zero-order chi connectivity index (χ0) is 24.5. The van der Waals surface area contributed by atoms with Gasteiger partial charge in [0.05, 0.1) is 31.0 Å². The van der Waals surface area contributed by atoms with Crippen LogP contribution in [0.4, 0.5) is 5.69 Å². The van der Waals surface area contributed by atoms with Crippen LogP contribution in [0.15, 0.2) is 79.0 Å². The second kappa shape index (κ2) is 9.60. The average molecular weight is 505 g/mol. The third-order valence-corrected chi connectivity index (χ3v) is 6.86. The number of pyridine rings is 1. The summed E-state index contributed by atoms with van der Waals surface area (Å²) in [7, 11) is 3.27. The number of hydrogen-bond acceptors (Lipinski definition) is 4. The second-order valence-corrected chi connectivity index (χ2v) is 9.04. The summed E-state index contributed by atoms with van der Waals surface area (Å²) in [6, 6.07) is 23.6. The van der Waals surface area contributed by atoms with E-state index in [9.17, 15) is 0 Å². The molecular formula is C27H25ClN4O2S. The van der Waals surface area contributed by atoms with E-state index in [1.54, 1.807) is 20.4 Å². The number of rotatable bonds is 6. The molecule has 0 unspecified atom stereocenters. The minimum Gasteiger partial charge on any atom is -0.497 e. The number of nitrogens with one attached hydrogen (secondary N) is 1. The van der Waals surface area contributed by atoms with E-state index in [1.807, 2.05) is 48.5 Å². The highest BCUT2D eigenvalue weighted by molar-refractivity contribution is 7.80. The van der Waals surface area contributed by atoms with E-state index in [4.69, 9.17) is 33.3 Å². The molecule has 1 fully saturated rings. The lowest BCUT2D eigenvalue weighted by Gasteiger charge is -2.29. The molecule has 2 aromatic heterocycles. The van der Waals surface area contributed by atoms with E-state index in [-0.39, 0.29) is 12.1 Å². The molecule has 35 heavy (non-hydrogen) atoms. The van der Waals surface area contributed by atoms with Crippen molar-refractivity contribution in [3.63, 3.8) is 0 Å². The van der Waals surface area contributed by atoms with E-state index in [1.165, 1.54) is 0 Å². The molecule has 5 rings (SSSR count). The SMILES string of the molecule is COc1ccc(-n2c(C)ccc2[C@@H]2[C@@H](c3ccccn3)NC(=S)N2c2ccc(OC)c(Cl)c2)cc1. The Hall–Kier alpha value is -3.55. The molecular weight excluding hydrogens is 480 g/mol. The molecule has 0 radical (unpaired) electrons. The van der Waals surface area contributed by atoms with Crippen LogP contribution in [0, 0.1) is 6.92 Å². The van der Waals surface area contributed by atoms with Crippen molar-refractivity contribution < 1.29 is 9.47 Å². The molecule has 0 aliphatic carbocycles. The van der Waals surface area contributed by atoms with Gasteiger partial charge in [-0.05, 0) is 85.9 Å². The van der Waals surface area contributed by atoms with Crippen molar-refractivity contribution in [3.05, 3.63) is 101 Å². The number of anilines is 1. The maximum absolute atomic E-state index is 6.52. The monoisotopic (exact) mass is 504 g/mol. The number of benzene rings is 2. The summed E-state index contributed by atoms with van der Waals surface area (Å²) >= 11 is 12.4. The van der Waals surface area contributed by atoms with Gasteiger partial charge >= 0.3 is 0 Å². The van der Waals surface area contributed by atoms with Crippen molar-refractivity contribution in [2.45, 2.75) is 19.0 Å². The van der Waals surface area contributed by atoms with Crippen LogP contribution in [-0.2, 0) is 0 Å². The second-order valence-electron chi connectivity index (χ2n) is 8.25. The fourth-order valence-electron chi connectivity index (χ4n) is 4.61. The Kier molecular flexibility index (Phi) is 6.36. The standard InChI is InChI=1S/C27H25ClN4O2S/c1-17-7-13-23(31(17)18-8-11-20(33-2)12-9-18)26-25(22-6-4-5-15-29-22)30-27(35)32(26)19-10-14-24(34-3)21(28)16-19/h4-16,25-26H,1-3H3,(H,30,35)/t25-,26-/m1/s1. The molecule has 1 N–H and O–H groups in total. The van der Waals surface area contributed by atoms with Gasteiger partial charge in [0.15, 0.2) is 5.11 Å². The van der Waals surface area contributed by atoms with E-state index < -0.39 is 0 Å². The molecule has 1 aliphatic heterocycles. The van der Waals surface area contributed by atoms with Gasteiger partial charge in [-0.25, -0.2) is 0 Å². The molecule has 0 spiro atoms. The molecule has 6 nitrogen and oxygen atoms in total. The number of nitrogens with zero attached hydrogens (tertiary/aromatic N) is 3. The van der Waals surface area contributed by atoms with Crippen LogP contribution >= 0.6 is 23.8 Å². The highest BCUT2D eigenvalue weighted by Crippen LogP contribution is 2.44. The normalized spacial score (nSPS) is 17.4. The molecule has 1 aliphatic rings. The predicted molar refractivity (Wildman–Crippen MR) is 143 cm³/mol. The highest BCUT2D eigenvalue weighted by atomic mass is 35.5. The van der Waals surface area contributed by atoms with Gasteiger partial charge in [0.25, 0.3) is 0 Å². The number of thiocarbonyl (C=S) groups is 1. The lowest BCUT2D eigenvalue weighted by atomic mass is 10.0. The lowest BCUT2D eigenvalue weighted by Crippen LogP contribution is -2.30. The first-order valence-corrected chi connectivity index (χ1v) is 12.0. The van der Waals surface area contributed by atoms with Crippen LogP contribution in [0.2, 0.25) is 5.02 Å². The molecule has 0 bridgehead atoms. The van der Waals surface area contributed by atoms with E-state index in [0.29, 0.717) is 15.9 Å². The van der Waals surface area contributed by atoms with Gasteiger partial charge in [-0.3, -0.25) is 4.98 Å². The predicted octanol–water partition coefficient (Wildman–Crippen LogP) is 6.03. The van der Waals surface area contributed by atoms with Gasteiger partial charge in [-0.1, -0.05) is 17.7 Å². The van der Waals surface area contributed by atoms with Crippen LogP contribution in [0.3, 0.4) is 0 Å². The largest absolute Gasteiger partial charge is 0.497 e. The van der Waals surface area contributed by atoms with E-state index in [0.717, 1.165) is 34.2 Å². The molecule has 0 amide bonds. The van der Waals surface area contributed by atoms with Gasteiger partial charge in [0.2, 0.25) is 0 Å². The number of ether oxygens (including phenoxy) is 2. The molecule has 1 saturated heterocycles. The van der Waals surface area contributed by atoms with Gasteiger partial charge in [0.1, 0.15) is 17.5 Å². The van der Waals surface area contributed by atoms with Gasteiger partial charge < -0.3 is 24.3 Å². The third kappa shape index (κ3) is 4.22. The highest BCUT2D eigenvalue weighted by Gasteiger charge is 2.42. The van der Waals surface area contributed by atoms with Crippen molar-refractivity contribution in [2.24, 2.45) is 0 Å². The Labute approximate surface area is 215 Å². The van der Waals surface area contributed by atoms with Crippen molar-refractivity contribution in [2.75, 3.05) is 19.1 Å². The van der Waals surface area contributed by atoms with Gasteiger partial charge in [-0.15, -0.1) is 0 Å². The zero-order valence-corrected chi connectivity index (χ0v) is 21.2. The topological polar surface area (TPSA) is 51.5 Å². The van der Waals surface area contributed by atoms with Crippen LogP contribution in [0.5, 0.6) is 11.5 Å². The summed E-state index contributed by atoms with van der Waals surface area (Å²) in [5, 5.41) is 4.64. The lowest BCUT2D eigenvalue weighted by molar-refractivity contribution is 0.414. The molecule has 8 heteroatoms. The van der Waals surface area contributed by atoms with Gasteiger partial charge in [-0.2, -0.15) is 0 Å². The molecule has 4 aromatic rings. The summed E-state index contributed by atoms with van der Waals surface area (Å²) in [5.74, 6) is 1.42. The maximum atomic E-state index is 6.52. The summed E-state index contributed by atoms with van der Waals surface area (Å²) < 4.78 is 13.0. The fraction of sp³-hybridized carbons (Fsp3) is 0.185. The Balaban J connectivity index is 1.68. The maximum Gasteiger partial charge on any atom is 0.174 e. The third-order valence-electron chi connectivity index (χ3n) is 6.25. The minimum atomic E-state index is -0.183. The Morgan fingerprint density at radius 1 is 0.943 bits per heavy atom. The quantitative estimate of drug-likeness (QED) is 0.324. The summed E-state index contributed by atoms with van der Waals surface area (Å²) in [6.45, 7) is 2.10. The van der Waals surface area contributed by atoms with Crippen LogP contribution in [0.25, 0.3) is 5.69 Å². The van der Waals surface area contributed by atoms with Crippen molar-refractivity contribution in [1.82, 2.24) is 14.9 Å². The minimum absolute atomic E-state index is 0.170. The van der Waals surface area contributed by atoms with Gasteiger partial charge in [0, 0.05) is 29.0 Å².